The number of rotatable bonds is 2. The maximum atomic E-state index is 14.3. The Morgan fingerprint density at radius 3 is 2.10 bits per heavy atom. The molecule has 0 N–H and O–H groups in total. The molecular formula is C16H26FNOSi. The van der Waals surface area contributed by atoms with Gasteiger partial charge in [-0.1, -0.05) is 25.7 Å². The van der Waals surface area contributed by atoms with E-state index in [1.807, 2.05) is 27.7 Å². The van der Waals surface area contributed by atoms with Crippen molar-refractivity contribution < 1.29 is 9.18 Å². The SMILES string of the molecule is Cc1ccc(F)c([Si](C)(C)C)c1C(=O)N(C)C(C)(C)C. The van der Waals surface area contributed by atoms with Gasteiger partial charge >= 0.3 is 0 Å². The van der Waals surface area contributed by atoms with Crippen molar-refractivity contribution in [2.24, 2.45) is 0 Å². The number of hydrogen-bond acceptors (Lipinski definition) is 1. The average Bonchev–Trinajstić information content (AvgIpc) is 2.27. The van der Waals surface area contributed by atoms with Gasteiger partial charge in [0.2, 0.25) is 0 Å². The zero-order valence-electron chi connectivity index (χ0n) is 13.9. The van der Waals surface area contributed by atoms with Crippen LogP contribution < -0.4 is 5.19 Å². The lowest BCUT2D eigenvalue weighted by molar-refractivity contribution is 0.0656. The van der Waals surface area contributed by atoms with E-state index in [2.05, 4.69) is 19.6 Å². The van der Waals surface area contributed by atoms with Crippen molar-refractivity contribution in [3.63, 3.8) is 0 Å². The molecule has 0 saturated heterocycles. The Hall–Kier alpha value is -1.16. The highest BCUT2D eigenvalue weighted by Gasteiger charge is 2.32. The Labute approximate surface area is 123 Å². The van der Waals surface area contributed by atoms with Crippen LogP contribution in [0.1, 0.15) is 36.7 Å². The summed E-state index contributed by atoms with van der Waals surface area (Å²) in [7, 11) is -0.166. The quantitative estimate of drug-likeness (QED) is 0.764. The topological polar surface area (TPSA) is 20.3 Å². The van der Waals surface area contributed by atoms with Crippen molar-refractivity contribution in [3.8, 4) is 0 Å². The first kappa shape index (κ1) is 16.9. The standard InChI is InChI=1S/C16H26FNOSi/c1-11-9-10-12(17)14(20(6,7)8)13(11)15(19)18(5)16(2,3)4/h9-10H,1-8H3. The molecule has 20 heavy (non-hydrogen) atoms. The second kappa shape index (κ2) is 5.32. The summed E-state index contributed by atoms with van der Waals surface area (Å²) in [6.45, 7) is 14.0. The number of halogens is 1. The molecule has 2 nitrogen and oxygen atoms in total. The predicted molar refractivity (Wildman–Crippen MR) is 86.0 cm³/mol. The van der Waals surface area contributed by atoms with Crippen LogP contribution in [0.4, 0.5) is 4.39 Å². The molecule has 0 saturated carbocycles. The number of aryl methyl sites for hydroxylation is 1. The summed E-state index contributed by atoms with van der Waals surface area (Å²) in [5.74, 6) is -0.340. The minimum atomic E-state index is -1.94. The van der Waals surface area contributed by atoms with E-state index in [1.165, 1.54) is 6.07 Å². The van der Waals surface area contributed by atoms with E-state index >= 15 is 0 Å². The first-order valence-electron chi connectivity index (χ1n) is 6.95. The van der Waals surface area contributed by atoms with E-state index < -0.39 is 8.07 Å². The van der Waals surface area contributed by atoms with Gasteiger partial charge in [0.25, 0.3) is 5.91 Å². The second-order valence-corrected chi connectivity index (χ2v) is 12.4. The third-order valence-electron chi connectivity index (χ3n) is 3.64. The van der Waals surface area contributed by atoms with Crippen LogP contribution >= 0.6 is 0 Å². The number of carbonyl (C=O) groups excluding carboxylic acids is 1. The van der Waals surface area contributed by atoms with Gasteiger partial charge in [0.1, 0.15) is 5.82 Å². The molecule has 1 aromatic carbocycles. The Bertz CT molecular complexity index is 527. The van der Waals surface area contributed by atoms with Crippen molar-refractivity contribution >= 4 is 19.2 Å². The van der Waals surface area contributed by atoms with Crippen molar-refractivity contribution in [2.75, 3.05) is 7.05 Å². The molecule has 0 aliphatic carbocycles. The van der Waals surface area contributed by atoms with Gasteiger partial charge < -0.3 is 4.90 Å². The highest BCUT2D eigenvalue weighted by Crippen LogP contribution is 2.20. The van der Waals surface area contributed by atoms with E-state index in [0.29, 0.717) is 10.8 Å². The molecule has 1 aromatic rings. The fourth-order valence-electron chi connectivity index (χ4n) is 2.16. The van der Waals surface area contributed by atoms with Gasteiger partial charge in [-0.25, -0.2) is 4.39 Å². The molecule has 0 fully saturated rings. The summed E-state index contributed by atoms with van der Waals surface area (Å²) in [5.41, 5.74) is 1.12. The molecular weight excluding hydrogens is 269 g/mol. The van der Waals surface area contributed by atoms with Crippen LogP contribution in [0.3, 0.4) is 0 Å². The van der Waals surface area contributed by atoms with E-state index in [9.17, 15) is 9.18 Å². The molecule has 0 unspecified atom stereocenters. The summed E-state index contributed by atoms with van der Waals surface area (Å²) in [4.78, 5) is 14.5. The largest absolute Gasteiger partial charge is 0.337 e. The Kier molecular flexibility index (Phi) is 4.49. The fraction of sp³-hybridized carbons (Fsp3) is 0.562. The monoisotopic (exact) mass is 295 g/mol. The van der Waals surface area contributed by atoms with Crippen molar-refractivity contribution in [1.29, 1.82) is 0 Å². The molecule has 1 rings (SSSR count). The maximum absolute atomic E-state index is 14.3. The van der Waals surface area contributed by atoms with E-state index in [0.717, 1.165) is 5.56 Å². The first-order chi connectivity index (χ1) is 8.87. The molecule has 0 aliphatic heterocycles. The van der Waals surface area contributed by atoms with Gasteiger partial charge in [0.15, 0.2) is 0 Å². The highest BCUT2D eigenvalue weighted by molar-refractivity contribution is 6.89. The number of carbonyl (C=O) groups is 1. The van der Waals surface area contributed by atoms with E-state index in [-0.39, 0.29) is 17.3 Å². The number of benzene rings is 1. The molecule has 4 heteroatoms. The Morgan fingerprint density at radius 1 is 1.20 bits per heavy atom. The number of amides is 1. The zero-order chi connectivity index (χ0) is 15.9. The van der Waals surface area contributed by atoms with Crippen molar-refractivity contribution in [1.82, 2.24) is 4.90 Å². The summed E-state index contributed by atoms with van der Waals surface area (Å²) in [6, 6.07) is 3.18. The molecule has 0 radical (unpaired) electrons. The minimum absolute atomic E-state index is 0.0908. The summed E-state index contributed by atoms with van der Waals surface area (Å²) in [6.07, 6.45) is 0. The normalized spacial score (nSPS) is 12.4. The fourth-order valence-corrected chi connectivity index (χ4v) is 4.02. The smallest absolute Gasteiger partial charge is 0.254 e. The summed E-state index contributed by atoms with van der Waals surface area (Å²) < 4.78 is 14.3. The average molecular weight is 295 g/mol. The molecule has 112 valence electrons. The van der Waals surface area contributed by atoms with Crippen LogP contribution in [0.5, 0.6) is 0 Å². The highest BCUT2D eigenvalue weighted by atomic mass is 28.3. The molecule has 0 aliphatic rings. The number of nitrogens with zero attached hydrogens (tertiary/aromatic N) is 1. The van der Waals surface area contributed by atoms with Gasteiger partial charge in [-0.2, -0.15) is 0 Å². The van der Waals surface area contributed by atoms with E-state index in [1.54, 1.807) is 18.0 Å². The molecule has 0 atom stereocenters. The van der Waals surface area contributed by atoms with Crippen LogP contribution in [0.15, 0.2) is 12.1 Å². The Morgan fingerprint density at radius 2 is 1.70 bits per heavy atom. The van der Waals surface area contributed by atoms with Gasteiger partial charge in [0, 0.05) is 18.2 Å². The summed E-state index contributed by atoms with van der Waals surface area (Å²) in [5, 5.41) is 0.638. The van der Waals surface area contributed by atoms with Gasteiger partial charge in [-0.15, -0.1) is 0 Å². The first-order valence-corrected chi connectivity index (χ1v) is 10.4. The third kappa shape index (κ3) is 3.29. The van der Waals surface area contributed by atoms with Gasteiger partial charge in [-0.3, -0.25) is 4.79 Å². The molecule has 0 heterocycles. The lowest BCUT2D eigenvalue weighted by Crippen LogP contribution is -2.49. The van der Waals surface area contributed by atoms with E-state index in [4.69, 9.17) is 0 Å². The van der Waals surface area contributed by atoms with Crippen molar-refractivity contribution in [2.45, 2.75) is 52.9 Å². The number of hydrogen-bond donors (Lipinski definition) is 0. The molecule has 0 spiro atoms. The third-order valence-corrected chi connectivity index (χ3v) is 5.63. The Balaban J connectivity index is 3.53. The van der Waals surface area contributed by atoms with Crippen LogP contribution in [-0.4, -0.2) is 31.5 Å². The zero-order valence-corrected chi connectivity index (χ0v) is 14.9. The molecule has 0 bridgehead atoms. The lowest BCUT2D eigenvalue weighted by Gasteiger charge is -2.34. The second-order valence-electron chi connectivity index (χ2n) is 7.40. The lowest BCUT2D eigenvalue weighted by atomic mass is 10.0. The van der Waals surface area contributed by atoms with Crippen LogP contribution in [0, 0.1) is 12.7 Å². The van der Waals surface area contributed by atoms with Crippen LogP contribution in [0.25, 0.3) is 0 Å². The minimum Gasteiger partial charge on any atom is -0.337 e. The molecule has 0 aromatic heterocycles. The van der Waals surface area contributed by atoms with Crippen LogP contribution in [0.2, 0.25) is 19.6 Å². The van der Waals surface area contributed by atoms with Gasteiger partial charge in [0.05, 0.1) is 8.07 Å². The van der Waals surface area contributed by atoms with Crippen molar-refractivity contribution in [3.05, 3.63) is 29.1 Å². The summed E-state index contributed by atoms with van der Waals surface area (Å²) >= 11 is 0. The van der Waals surface area contributed by atoms with Crippen LogP contribution in [-0.2, 0) is 0 Å². The van der Waals surface area contributed by atoms with Gasteiger partial charge in [-0.05, 0) is 44.5 Å². The molecule has 1 amide bonds. The maximum Gasteiger partial charge on any atom is 0.254 e. The predicted octanol–water partition coefficient (Wildman–Crippen LogP) is 3.55.